The molecule has 0 fully saturated rings. The van der Waals surface area contributed by atoms with E-state index >= 15 is 0 Å². The summed E-state index contributed by atoms with van der Waals surface area (Å²) in [5.74, 6) is 0. The van der Waals surface area contributed by atoms with Crippen LogP contribution in [0, 0.1) is 13.8 Å². The summed E-state index contributed by atoms with van der Waals surface area (Å²) in [4.78, 5) is 4.42. The third-order valence-electron chi connectivity index (χ3n) is 2.77. The van der Waals surface area contributed by atoms with Crippen LogP contribution < -0.4 is 0 Å². The molecular weight excluding hydrogens is 194 g/mol. The fraction of sp³-hybridized carbons (Fsp3) is 0.133. The van der Waals surface area contributed by atoms with E-state index in [0.717, 1.165) is 5.69 Å². The van der Waals surface area contributed by atoms with Gasteiger partial charge >= 0.3 is 0 Å². The molecular formula is C15H15N. The average Bonchev–Trinajstić information content (AvgIpc) is 2.29. The standard InChI is InChI=1S/C15H15N/c1-4-13-7-8-14(10-12(13)3)15-11(2)6-5-9-16-15/h4-10H,1H2,2-3H3. The zero-order chi connectivity index (χ0) is 11.5. The van der Waals surface area contributed by atoms with E-state index in [9.17, 15) is 0 Å². The molecule has 1 aromatic carbocycles. The van der Waals surface area contributed by atoms with Crippen LogP contribution in [0.2, 0.25) is 0 Å². The Hall–Kier alpha value is -1.89. The minimum atomic E-state index is 1.06. The van der Waals surface area contributed by atoms with E-state index < -0.39 is 0 Å². The van der Waals surface area contributed by atoms with E-state index in [4.69, 9.17) is 0 Å². The predicted molar refractivity (Wildman–Crippen MR) is 69.2 cm³/mol. The minimum absolute atomic E-state index is 1.06. The second kappa shape index (κ2) is 4.31. The van der Waals surface area contributed by atoms with Gasteiger partial charge in [-0.25, -0.2) is 0 Å². The summed E-state index contributed by atoms with van der Waals surface area (Å²) >= 11 is 0. The summed E-state index contributed by atoms with van der Waals surface area (Å²) in [7, 11) is 0. The molecule has 0 N–H and O–H groups in total. The monoisotopic (exact) mass is 209 g/mol. The van der Waals surface area contributed by atoms with E-state index in [1.165, 1.54) is 22.3 Å². The van der Waals surface area contributed by atoms with Crippen molar-refractivity contribution in [2.75, 3.05) is 0 Å². The van der Waals surface area contributed by atoms with Crippen LogP contribution in [-0.2, 0) is 0 Å². The molecule has 1 nitrogen and oxygen atoms in total. The first kappa shape index (κ1) is 10.6. The van der Waals surface area contributed by atoms with Crippen molar-refractivity contribution < 1.29 is 0 Å². The lowest BCUT2D eigenvalue weighted by atomic mass is 10.0. The van der Waals surface area contributed by atoms with Gasteiger partial charge in [-0.1, -0.05) is 30.9 Å². The molecule has 0 bridgehead atoms. The maximum Gasteiger partial charge on any atom is 0.0731 e. The van der Waals surface area contributed by atoms with Gasteiger partial charge in [0.1, 0.15) is 0 Å². The van der Waals surface area contributed by atoms with Gasteiger partial charge in [0.05, 0.1) is 5.69 Å². The van der Waals surface area contributed by atoms with Gasteiger partial charge in [-0.15, -0.1) is 0 Å². The summed E-state index contributed by atoms with van der Waals surface area (Å²) in [5.41, 5.74) is 5.84. The molecule has 0 atom stereocenters. The molecule has 0 radical (unpaired) electrons. The van der Waals surface area contributed by atoms with Crippen LogP contribution in [0.4, 0.5) is 0 Å². The van der Waals surface area contributed by atoms with E-state index in [1.807, 2.05) is 18.3 Å². The van der Waals surface area contributed by atoms with Gasteiger partial charge in [0.15, 0.2) is 0 Å². The van der Waals surface area contributed by atoms with Crippen molar-refractivity contribution in [3.63, 3.8) is 0 Å². The number of nitrogens with zero attached hydrogens (tertiary/aromatic N) is 1. The highest BCUT2D eigenvalue weighted by molar-refractivity contribution is 5.66. The molecule has 2 rings (SSSR count). The SMILES string of the molecule is C=Cc1ccc(-c2ncccc2C)cc1C. The Kier molecular flexibility index (Phi) is 2.86. The number of aryl methyl sites for hydroxylation is 2. The molecule has 2 aromatic rings. The molecule has 80 valence electrons. The summed E-state index contributed by atoms with van der Waals surface area (Å²) in [5, 5.41) is 0. The first-order chi connectivity index (χ1) is 7.72. The Morgan fingerprint density at radius 3 is 2.56 bits per heavy atom. The van der Waals surface area contributed by atoms with Gasteiger partial charge in [-0.3, -0.25) is 4.98 Å². The van der Waals surface area contributed by atoms with Gasteiger partial charge in [0.25, 0.3) is 0 Å². The number of benzene rings is 1. The van der Waals surface area contributed by atoms with Gasteiger partial charge in [-0.2, -0.15) is 0 Å². The predicted octanol–water partition coefficient (Wildman–Crippen LogP) is 4.01. The molecule has 0 unspecified atom stereocenters. The van der Waals surface area contributed by atoms with Gasteiger partial charge in [-0.05, 0) is 42.7 Å². The number of hydrogen-bond donors (Lipinski definition) is 0. The van der Waals surface area contributed by atoms with Gasteiger partial charge < -0.3 is 0 Å². The Bertz CT molecular complexity index is 527. The van der Waals surface area contributed by atoms with E-state index in [1.54, 1.807) is 0 Å². The molecule has 0 saturated heterocycles. The largest absolute Gasteiger partial charge is 0.256 e. The summed E-state index contributed by atoms with van der Waals surface area (Å²) < 4.78 is 0. The quantitative estimate of drug-likeness (QED) is 0.728. The normalized spacial score (nSPS) is 10.1. The molecule has 1 heteroatoms. The van der Waals surface area contributed by atoms with Crippen molar-refractivity contribution in [2.45, 2.75) is 13.8 Å². The summed E-state index contributed by atoms with van der Waals surface area (Å²) in [6, 6.07) is 10.4. The van der Waals surface area contributed by atoms with Crippen LogP contribution >= 0.6 is 0 Å². The molecule has 0 saturated carbocycles. The third kappa shape index (κ3) is 1.89. The fourth-order valence-electron chi connectivity index (χ4n) is 1.84. The number of pyridine rings is 1. The molecule has 1 heterocycles. The van der Waals surface area contributed by atoms with Crippen LogP contribution in [0.1, 0.15) is 16.7 Å². The first-order valence-corrected chi connectivity index (χ1v) is 5.37. The molecule has 0 aliphatic rings. The fourth-order valence-corrected chi connectivity index (χ4v) is 1.84. The number of aromatic nitrogens is 1. The lowest BCUT2D eigenvalue weighted by Crippen LogP contribution is -1.89. The number of hydrogen-bond acceptors (Lipinski definition) is 1. The van der Waals surface area contributed by atoms with Crippen LogP contribution in [0.15, 0.2) is 43.1 Å². The topological polar surface area (TPSA) is 12.9 Å². The lowest BCUT2D eigenvalue weighted by Gasteiger charge is -2.07. The highest BCUT2D eigenvalue weighted by Crippen LogP contribution is 2.23. The van der Waals surface area contributed by atoms with Crippen molar-refractivity contribution >= 4 is 6.08 Å². The molecule has 0 aliphatic carbocycles. The molecule has 16 heavy (non-hydrogen) atoms. The zero-order valence-electron chi connectivity index (χ0n) is 9.70. The van der Waals surface area contributed by atoms with E-state index in [-0.39, 0.29) is 0 Å². The second-order valence-corrected chi connectivity index (χ2v) is 3.94. The van der Waals surface area contributed by atoms with Crippen LogP contribution in [0.5, 0.6) is 0 Å². The minimum Gasteiger partial charge on any atom is -0.256 e. The molecule has 0 aliphatic heterocycles. The highest BCUT2D eigenvalue weighted by atomic mass is 14.7. The smallest absolute Gasteiger partial charge is 0.0731 e. The van der Waals surface area contributed by atoms with Gasteiger partial charge in [0.2, 0.25) is 0 Å². The van der Waals surface area contributed by atoms with Crippen LogP contribution in [-0.4, -0.2) is 4.98 Å². The second-order valence-electron chi connectivity index (χ2n) is 3.94. The Morgan fingerprint density at radius 2 is 1.94 bits per heavy atom. The van der Waals surface area contributed by atoms with Crippen molar-refractivity contribution in [1.29, 1.82) is 0 Å². The van der Waals surface area contributed by atoms with Crippen molar-refractivity contribution in [3.8, 4) is 11.3 Å². The first-order valence-electron chi connectivity index (χ1n) is 5.37. The third-order valence-corrected chi connectivity index (χ3v) is 2.77. The summed E-state index contributed by atoms with van der Waals surface area (Å²) in [6.45, 7) is 7.97. The van der Waals surface area contributed by atoms with Crippen molar-refractivity contribution in [1.82, 2.24) is 4.98 Å². The van der Waals surface area contributed by atoms with Crippen molar-refractivity contribution in [2.24, 2.45) is 0 Å². The zero-order valence-corrected chi connectivity index (χ0v) is 9.70. The summed E-state index contributed by atoms with van der Waals surface area (Å²) in [6.07, 6.45) is 3.71. The molecule has 0 amide bonds. The number of rotatable bonds is 2. The highest BCUT2D eigenvalue weighted by Gasteiger charge is 2.03. The van der Waals surface area contributed by atoms with E-state index in [2.05, 4.69) is 49.7 Å². The average molecular weight is 209 g/mol. The Morgan fingerprint density at radius 1 is 1.12 bits per heavy atom. The molecule has 0 spiro atoms. The maximum absolute atomic E-state index is 4.42. The van der Waals surface area contributed by atoms with Crippen LogP contribution in [0.25, 0.3) is 17.3 Å². The van der Waals surface area contributed by atoms with Gasteiger partial charge in [0, 0.05) is 11.8 Å². The Labute approximate surface area is 96.5 Å². The lowest BCUT2D eigenvalue weighted by molar-refractivity contribution is 1.26. The molecule has 1 aromatic heterocycles. The van der Waals surface area contributed by atoms with Crippen molar-refractivity contribution in [3.05, 3.63) is 59.8 Å². The van der Waals surface area contributed by atoms with Crippen LogP contribution in [0.3, 0.4) is 0 Å². The Balaban J connectivity index is 2.54. The maximum atomic E-state index is 4.42. The van der Waals surface area contributed by atoms with E-state index in [0.29, 0.717) is 0 Å².